The molecule has 1 unspecified atom stereocenters. The van der Waals surface area contributed by atoms with Crippen molar-refractivity contribution in [2.24, 2.45) is 5.92 Å². The van der Waals surface area contributed by atoms with Gasteiger partial charge in [-0.2, -0.15) is 13.2 Å². The number of hydrogen-bond donors (Lipinski definition) is 2. The number of halogens is 3. The van der Waals surface area contributed by atoms with Gasteiger partial charge in [-0.05, 0) is 31.8 Å². The van der Waals surface area contributed by atoms with Crippen molar-refractivity contribution >= 4 is 16.5 Å². The van der Waals surface area contributed by atoms with Gasteiger partial charge in [0.1, 0.15) is 0 Å². The van der Waals surface area contributed by atoms with E-state index in [1.165, 1.54) is 0 Å². The van der Waals surface area contributed by atoms with Crippen LogP contribution >= 0.6 is 11.3 Å². The van der Waals surface area contributed by atoms with E-state index < -0.39 is 11.2 Å². The third-order valence-electron chi connectivity index (χ3n) is 2.66. The minimum absolute atomic E-state index is 0.239. The van der Waals surface area contributed by atoms with Crippen molar-refractivity contribution in [1.82, 2.24) is 15.5 Å². The Labute approximate surface area is 101 Å². The van der Waals surface area contributed by atoms with E-state index in [0.29, 0.717) is 23.8 Å². The lowest BCUT2D eigenvalue weighted by molar-refractivity contribution is -0.138. The minimum Gasteiger partial charge on any atom is -0.360 e. The summed E-state index contributed by atoms with van der Waals surface area (Å²) in [6.07, 6.45) is -2.33. The zero-order valence-corrected chi connectivity index (χ0v) is 9.87. The standard InChI is InChI=1S/C9H13F3N4S/c10-9(11,12)7-15-16-8(17-7)14-4-2-6-1-3-13-5-6/h6,13H,1-5H2,(H,14,16). The zero-order chi connectivity index (χ0) is 12.3. The molecule has 1 fully saturated rings. The second-order valence-corrected chi connectivity index (χ2v) is 4.96. The first kappa shape index (κ1) is 12.6. The monoisotopic (exact) mass is 266 g/mol. The van der Waals surface area contributed by atoms with Crippen LogP contribution in [0.15, 0.2) is 0 Å². The van der Waals surface area contributed by atoms with Crippen molar-refractivity contribution in [3.05, 3.63) is 5.01 Å². The van der Waals surface area contributed by atoms with Gasteiger partial charge in [0.05, 0.1) is 0 Å². The Hall–Kier alpha value is -0.890. The van der Waals surface area contributed by atoms with E-state index >= 15 is 0 Å². The number of alkyl halides is 3. The van der Waals surface area contributed by atoms with Crippen LogP contribution in [-0.4, -0.2) is 29.8 Å². The van der Waals surface area contributed by atoms with Gasteiger partial charge in [0.25, 0.3) is 0 Å². The number of rotatable bonds is 4. The molecular formula is C9H13F3N4S. The normalized spacial score (nSPS) is 20.8. The Morgan fingerprint density at radius 1 is 1.41 bits per heavy atom. The zero-order valence-electron chi connectivity index (χ0n) is 9.05. The lowest BCUT2D eigenvalue weighted by atomic mass is 10.1. The predicted molar refractivity (Wildman–Crippen MR) is 59.0 cm³/mol. The van der Waals surface area contributed by atoms with Crippen molar-refractivity contribution in [3.63, 3.8) is 0 Å². The lowest BCUT2D eigenvalue weighted by Gasteiger charge is -2.07. The molecule has 1 saturated heterocycles. The van der Waals surface area contributed by atoms with E-state index in [0.717, 1.165) is 25.9 Å². The van der Waals surface area contributed by atoms with Crippen molar-refractivity contribution in [2.45, 2.75) is 19.0 Å². The van der Waals surface area contributed by atoms with Crippen LogP contribution in [0.5, 0.6) is 0 Å². The number of anilines is 1. The first-order chi connectivity index (χ1) is 8.05. The molecule has 0 aromatic carbocycles. The summed E-state index contributed by atoms with van der Waals surface area (Å²) in [6.45, 7) is 2.66. The molecule has 1 aromatic rings. The SMILES string of the molecule is FC(F)(F)c1nnc(NCCC2CCNC2)s1. The highest BCUT2D eigenvalue weighted by atomic mass is 32.1. The summed E-state index contributed by atoms with van der Waals surface area (Å²) >= 11 is 0.548. The minimum atomic E-state index is -4.40. The molecule has 2 heterocycles. The van der Waals surface area contributed by atoms with Crippen LogP contribution in [0.3, 0.4) is 0 Å². The summed E-state index contributed by atoms with van der Waals surface area (Å²) in [4.78, 5) is 0. The Balaban J connectivity index is 1.77. The molecule has 1 atom stereocenters. The van der Waals surface area contributed by atoms with E-state index in [-0.39, 0.29) is 5.13 Å². The maximum absolute atomic E-state index is 12.2. The number of nitrogens with one attached hydrogen (secondary N) is 2. The molecule has 96 valence electrons. The van der Waals surface area contributed by atoms with Gasteiger partial charge in [0.15, 0.2) is 0 Å². The largest absolute Gasteiger partial charge is 0.445 e. The summed E-state index contributed by atoms with van der Waals surface area (Å²) in [5.41, 5.74) is 0. The molecule has 1 aliphatic rings. The molecule has 2 N–H and O–H groups in total. The maximum atomic E-state index is 12.2. The van der Waals surface area contributed by atoms with Crippen molar-refractivity contribution < 1.29 is 13.2 Å². The molecule has 0 bridgehead atoms. The summed E-state index contributed by atoms with van der Waals surface area (Å²) in [5.74, 6) is 0.609. The van der Waals surface area contributed by atoms with Crippen LogP contribution in [0.2, 0.25) is 0 Å². The molecule has 17 heavy (non-hydrogen) atoms. The van der Waals surface area contributed by atoms with Gasteiger partial charge < -0.3 is 10.6 Å². The molecule has 0 aliphatic carbocycles. The molecule has 2 rings (SSSR count). The molecule has 0 amide bonds. The van der Waals surface area contributed by atoms with Crippen LogP contribution in [-0.2, 0) is 6.18 Å². The second-order valence-electron chi connectivity index (χ2n) is 3.98. The van der Waals surface area contributed by atoms with Crippen molar-refractivity contribution in [1.29, 1.82) is 0 Å². The topological polar surface area (TPSA) is 49.8 Å². The first-order valence-electron chi connectivity index (χ1n) is 5.41. The van der Waals surface area contributed by atoms with Crippen LogP contribution in [0, 0.1) is 5.92 Å². The van der Waals surface area contributed by atoms with Gasteiger partial charge in [-0.15, -0.1) is 10.2 Å². The van der Waals surface area contributed by atoms with E-state index in [1.54, 1.807) is 0 Å². The summed E-state index contributed by atoms with van der Waals surface area (Å²) < 4.78 is 36.7. The smallest absolute Gasteiger partial charge is 0.360 e. The molecule has 4 nitrogen and oxygen atoms in total. The van der Waals surface area contributed by atoms with Gasteiger partial charge in [-0.1, -0.05) is 11.3 Å². The Morgan fingerprint density at radius 3 is 2.82 bits per heavy atom. The molecule has 1 aromatic heterocycles. The fraction of sp³-hybridized carbons (Fsp3) is 0.778. The van der Waals surface area contributed by atoms with Gasteiger partial charge in [0.2, 0.25) is 10.1 Å². The fourth-order valence-corrected chi connectivity index (χ4v) is 2.39. The molecule has 0 saturated carbocycles. The Morgan fingerprint density at radius 2 is 2.24 bits per heavy atom. The van der Waals surface area contributed by atoms with E-state index in [1.807, 2.05) is 0 Å². The van der Waals surface area contributed by atoms with Crippen LogP contribution in [0.25, 0.3) is 0 Å². The number of nitrogens with zero attached hydrogens (tertiary/aromatic N) is 2. The molecule has 1 aliphatic heterocycles. The van der Waals surface area contributed by atoms with Gasteiger partial charge in [-0.25, -0.2) is 0 Å². The maximum Gasteiger partial charge on any atom is 0.445 e. The van der Waals surface area contributed by atoms with Crippen molar-refractivity contribution in [3.8, 4) is 0 Å². The van der Waals surface area contributed by atoms with E-state index in [2.05, 4.69) is 20.8 Å². The number of hydrogen-bond acceptors (Lipinski definition) is 5. The average Bonchev–Trinajstić information content (AvgIpc) is 2.86. The first-order valence-corrected chi connectivity index (χ1v) is 6.22. The molecule has 8 heteroatoms. The summed E-state index contributed by atoms with van der Waals surface area (Å²) in [5, 5.41) is 12.0. The average molecular weight is 266 g/mol. The van der Waals surface area contributed by atoms with Crippen LogP contribution in [0.4, 0.5) is 18.3 Å². The fourth-order valence-electron chi connectivity index (χ4n) is 1.75. The van der Waals surface area contributed by atoms with E-state index in [4.69, 9.17) is 0 Å². The highest BCUT2D eigenvalue weighted by Crippen LogP contribution is 2.32. The second kappa shape index (κ2) is 5.18. The third-order valence-corrected chi connectivity index (χ3v) is 3.58. The molecule has 0 radical (unpaired) electrons. The van der Waals surface area contributed by atoms with Gasteiger partial charge >= 0.3 is 6.18 Å². The van der Waals surface area contributed by atoms with Crippen LogP contribution in [0.1, 0.15) is 17.8 Å². The molecular weight excluding hydrogens is 253 g/mol. The number of aromatic nitrogens is 2. The van der Waals surface area contributed by atoms with Gasteiger partial charge in [-0.3, -0.25) is 0 Å². The van der Waals surface area contributed by atoms with Crippen LogP contribution < -0.4 is 10.6 Å². The highest BCUT2D eigenvalue weighted by Gasteiger charge is 2.35. The predicted octanol–water partition coefficient (Wildman–Crippen LogP) is 1.97. The Kier molecular flexibility index (Phi) is 3.82. The Bertz CT molecular complexity index is 359. The third kappa shape index (κ3) is 3.53. The highest BCUT2D eigenvalue weighted by molar-refractivity contribution is 7.15. The van der Waals surface area contributed by atoms with E-state index in [9.17, 15) is 13.2 Å². The summed E-state index contributed by atoms with van der Waals surface area (Å²) in [6, 6.07) is 0. The lowest BCUT2D eigenvalue weighted by Crippen LogP contribution is -2.12. The van der Waals surface area contributed by atoms with Gasteiger partial charge in [0, 0.05) is 6.54 Å². The van der Waals surface area contributed by atoms with Crippen molar-refractivity contribution in [2.75, 3.05) is 25.0 Å². The quantitative estimate of drug-likeness (QED) is 0.874. The molecule has 0 spiro atoms. The summed E-state index contributed by atoms with van der Waals surface area (Å²) in [7, 11) is 0.